The molecule has 1 saturated carbocycles. The van der Waals surface area contributed by atoms with Crippen molar-refractivity contribution in [1.29, 1.82) is 0 Å². The van der Waals surface area contributed by atoms with Crippen LogP contribution in [0.2, 0.25) is 0 Å². The summed E-state index contributed by atoms with van der Waals surface area (Å²) in [5.41, 5.74) is 1.03. The smallest absolute Gasteiger partial charge is 0.254 e. The molecule has 0 saturated heterocycles. The van der Waals surface area contributed by atoms with Gasteiger partial charge in [-0.1, -0.05) is 20.8 Å². The average molecular weight is 396 g/mol. The quantitative estimate of drug-likeness (QED) is 0.695. The van der Waals surface area contributed by atoms with Gasteiger partial charge in [0.2, 0.25) is 11.8 Å². The highest BCUT2D eigenvalue weighted by Crippen LogP contribution is 2.44. The van der Waals surface area contributed by atoms with Gasteiger partial charge in [-0.2, -0.15) is 0 Å². The molecule has 1 aromatic rings. The molecule has 0 unspecified atom stereocenters. The molecular weight excluding hydrogens is 366 g/mol. The molecule has 0 radical (unpaired) electrons. The van der Waals surface area contributed by atoms with Crippen LogP contribution in [0.15, 0.2) is 6.20 Å². The van der Waals surface area contributed by atoms with Crippen molar-refractivity contribution >= 4 is 11.8 Å². The highest BCUT2D eigenvalue weighted by Gasteiger charge is 2.46. The number of rotatable bonds is 9. The number of aryl methyl sites for hydroxylation is 1. The summed E-state index contributed by atoms with van der Waals surface area (Å²) in [6.07, 6.45) is 2.03. The van der Waals surface area contributed by atoms with Crippen molar-refractivity contribution in [2.45, 2.75) is 65.2 Å². The molecule has 0 aliphatic heterocycles. The van der Waals surface area contributed by atoms with Crippen LogP contribution in [0.3, 0.4) is 0 Å². The minimum Gasteiger partial charge on any atom is -0.350 e. The summed E-state index contributed by atoms with van der Waals surface area (Å²) in [5, 5.41) is 2.79. The van der Waals surface area contributed by atoms with Crippen LogP contribution < -0.4 is 5.32 Å². The van der Waals surface area contributed by atoms with Crippen molar-refractivity contribution in [3.63, 3.8) is 0 Å². The van der Waals surface area contributed by atoms with Gasteiger partial charge in [0.1, 0.15) is 5.82 Å². The number of halogens is 2. The van der Waals surface area contributed by atoms with E-state index < -0.39 is 5.92 Å². The van der Waals surface area contributed by atoms with Crippen LogP contribution in [0.25, 0.3) is 0 Å². The van der Waals surface area contributed by atoms with Gasteiger partial charge in [0.25, 0.3) is 5.91 Å². The molecule has 2 amide bonds. The molecule has 0 aromatic carbocycles. The van der Waals surface area contributed by atoms with Crippen LogP contribution in [-0.2, 0) is 4.79 Å². The van der Waals surface area contributed by atoms with Gasteiger partial charge in [0.05, 0.1) is 11.3 Å². The van der Waals surface area contributed by atoms with Gasteiger partial charge in [0.15, 0.2) is 0 Å². The maximum Gasteiger partial charge on any atom is 0.254 e. The van der Waals surface area contributed by atoms with Crippen molar-refractivity contribution in [2.75, 3.05) is 19.6 Å². The van der Waals surface area contributed by atoms with E-state index >= 15 is 0 Å². The Labute approximate surface area is 165 Å². The average Bonchev–Trinajstić information content (AvgIpc) is 2.58. The highest BCUT2D eigenvalue weighted by molar-refractivity contribution is 5.94. The number of amides is 2. The normalized spacial score (nSPS) is 16.0. The second-order valence-corrected chi connectivity index (χ2v) is 7.85. The van der Waals surface area contributed by atoms with Crippen LogP contribution >= 0.6 is 0 Å². The molecule has 8 heteroatoms. The van der Waals surface area contributed by atoms with E-state index in [1.807, 2.05) is 20.8 Å². The van der Waals surface area contributed by atoms with Gasteiger partial charge < -0.3 is 10.2 Å². The van der Waals surface area contributed by atoms with E-state index in [0.29, 0.717) is 30.2 Å². The molecule has 1 heterocycles. The van der Waals surface area contributed by atoms with Crippen molar-refractivity contribution < 1.29 is 18.4 Å². The monoisotopic (exact) mass is 396 g/mol. The zero-order valence-corrected chi connectivity index (χ0v) is 17.1. The summed E-state index contributed by atoms with van der Waals surface area (Å²) in [4.78, 5) is 35.0. The Hall–Kier alpha value is -2.12. The Morgan fingerprint density at radius 1 is 1.32 bits per heavy atom. The minimum atomic E-state index is -2.61. The first kappa shape index (κ1) is 22.2. The molecule has 156 valence electrons. The molecule has 1 fully saturated rings. The fourth-order valence-corrected chi connectivity index (χ4v) is 3.32. The summed E-state index contributed by atoms with van der Waals surface area (Å²) in [6, 6.07) is 0. The van der Waals surface area contributed by atoms with Gasteiger partial charge >= 0.3 is 0 Å². The Bertz CT molecular complexity index is 701. The molecule has 1 N–H and O–H groups in total. The number of alkyl halides is 2. The highest BCUT2D eigenvalue weighted by atomic mass is 19.3. The van der Waals surface area contributed by atoms with Gasteiger partial charge in [-0.3, -0.25) is 9.59 Å². The fraction of sp³-hybridized carbons (Fsp3) is 0.700. The zero-order chi connectivity index (χ0) is 20.9. The third kappa shape index (κ3) is 5.94. The molecule has 1 aromatic heterocycles. The number of nitrogens with one attached hydrogen (secondary N) is 1. The van der Waals surface area contributed by atoms with Crippen molar-refractivity contribution in [3.8, 4) is 0 Å². The van der Waals surface area contributed by atoms with Gasteiger partial charge in [-0.15, -0.1) is 0 Å². The van der Waals surface area contributed by atoms with Gasteiger partial charge in [0, 0.05) is 51.0 Å². The summed E-state index contributed by atoms with van der Waals surface area (Å²) < 4.78 is 25.9. The Balaban J connectivity index is 1.84. The van der Waals surface area contributed by atoms with Crippen LogP contribution in [0.1, 0.15) is 74.2 Å². The Kier molecular flexibility index (Phi) is 7.43. The first-order valence-corrected chi connectivity index (χ1v) is 9.90. The number of carbonyl (C=O) groups is 2. The van der Waals surface area contributed by atoms with Crippen molar-refractivity contribution in [3.05, 3.63) is 23.3 Å². The molecule has 28 heavy (non-hydrogen) atoms. The number of nitrogens with zero attached hydrogens (tertiary/aromatic N) is 3. The molecule has 2 rings (SSSR count). The van der Waals surface area contributed by atoms with E-state index in [-0.39, 0.29) is 49.5 Å². The van der Waals surface area contributed by atoms with Crippen molar-refractivity contribution in [2.24, 2.45) is 5.92 Å². The second kappa shape index (κ2) is 9.39. The largest absolute Gasteiger partial charge is 0.350 e. The van der Waals surface area contributed by atoms with Crippen molar-refractivity contribution in [1.82, 2.24) is 20.2 Å². The van der Waals surface area contributed by atoms with Crippen LogP contribution in [-0.4, -0.2) is 52.2 Å². The first-order chi connectivity index (χ1) is 13.1. The summed E-state index contributed by atoms with van der Waals surface area (Å²) in [5.74, 6) is -2.39. The predicted octanol–water partition coefficient (Wildman–Crippen LogP) is 3.31. The fourth-order valence-electron chi connectivity index (χ4n) is 3.32. The molecular formula is C20H30F2N4O2. The third-order valence-electron chi connectivity index (χ3n) is 4.91. The molecule has 1 aliphatic rings. The maximum atomic E-state index is 13.0. The lowest BCUT2D eigenvalue weighted by atomic mass is 9.79. The predicted molar refractivity (Wildman–Crippen MR) is 102 cm³/mol. The molecule has 1 aliphatic carbocycles. The summed E-state index contributed by atoms with van der Waals surface area (Å²) >= 11 is 0. The molecule has 0 atom stereocenters. The summed E-state index contributed by atoms with van der Waals surface area (Å²) in [7, 11) is 0. The lowest BCUT2D eigenvalue weighted by molar-refractivity contribution is -0.142. The maximum absolute atomic E-state index is 13.0. The number of aromatic nitrogens is 2. The second-order valence-electron chi connectivity index (χ2n) is 7.85. The number of carbonyl (C=O) groups excluding carboxylic acids is 2. The van der Waals surface area contributed by atoms with Crippen LogP contribution in [0, 0.1) is 12.8 Å². The zero-order valence-electron chi connectivity index (χ0n) is 17.1. The van der Waals surface area contributed by atoms with Crippen LogP contribution in [0.4, 0.5) is 8.78 Å². The number of hydrogen-bond donors (Lipinski definition) is 1. The minimum absolute atomic E-state index is 0.127. The lowest BCUT2D eigenvalue weighted by Crippen LogP contribution is -2.43. The molecule has 0 bridgehead atoms. The van der Waals surface area contributed by atoms with E-state index in [9.17, 15) is 18.4 Å². The van der Waals surface area contributed by atoms with E-state index in [4.69, 9.17) is 0 Å². The van der Waals surface area contributed by atoms with E-state index in [0.717, 1.165) is 6.42 Å². The lowest BCUT2D eigenvalue weighted by Gasteiger charge is -2.35. The number of hydrogen-bond acceptors (Lipinski definition) is 4. The van der Waals surface area contributed by atoms with E-state index in [2.05, 4.69) is 15.3 Å². The SMILES string of the molecule is CCCN(CCNC(=O)c1cnc(C(C)C)nc1C)C(=O)CC1CC(F)(F)C1. The third-order valence-corrected chi connectivity index (χ3v) is 4.91. The molecule has 6 nitrogen and oxygen atoms in total. The first-order valence-electron chi connectivity index (χ1n) is 9.90. The van der Waals surface area contributed by atoms with Gasteiger partial charge in [-0.05, 0) is 19.3 Å². The van der Waals surface area contributed by atoms with E-state index in [1.165, 1.54) is 6.20 Å². The van der Waals surface area contributed by atoms with Gasteiger partial charge in [-0.25, -0.2) is 18.7 Å². The topological polar surface area (TPSA) is 75.2 Å². The van der Waals surface area contributed by atoms with E-state index in [1.54, 1.807) is 11.8 Å². The van der Waals surface area contributed by atoms with Crippen LogP contribution in [0.5, 0.6) is 0 Å². The Morgan fingerprint density at radius 2 is 2.00 bits per heavy atom. The standard InChI is InChI=1S/C20H30F2N4O2/c1-5-7-26(17(27)9-15-10-20(21,22)11-15)8-6-23-19(28)16-12-24-18(13(2)3)25-14(16)4/h12-13,15H,5-11H2,1-4H3,(H,23,28). The molecule has 0 spiro atoms. The summed E-state index contributed by atoms with van der Waals surface area (Å²) in [6.45, 7) is 8.87. The Morgan fingerprint density at radius 3 is 2.54 bits per heavy atom.